The van der Waals surface area contributed by atoms with Crippen molar-refractivity contribution in [3.63, 3.8) is 0 Å². The molecule has 0 fully saturated rings. The molecule has 0 aliphatic carbocycles. The minimum atomic E-state index is 0.829. The summed E-state index contributed by atoms with van der Waals surface area (Å²) in [6.45, 7) is 2.99. The third-order valence-corrected chi connectivity index (χ3v) is 3.93. The number of rotatable bonds is 5. The largest absolute Gasteiger partial charge is 0.385 e. The quantitative estimate of drug-likeness (QED) is 0.578. The molecule has 0 saturated carbocycles. The van der Waals surface area contributed by atoms with Crippen molar-refractivity contribution in [3.05, 3.63) is 33.3 Å². The van der Waals surface area contributed by atoms with Crippen molar-refractivity contribution in [1.29, 1.82) is 0 Å². The van der Waals surface area contributed by atoms with Gasteiger partial charge in [0.15, 0.2) is 0 Å². The molecule has 1 aromatic rings. The van der Waals surface area contributed by atoms with Crippen molar-refractivity contribution in [2.45, 2.75) is 25.1 Å². The monoisotopic (exact) mass is 334 g/mol. The molecule has 0 unspecified atom stereocenters. The standard InChI is InChI=1S/C12H16Br2O/c1-9-11(4-3-5-15-2)6-10(8-13)7-12(9)14/h6-7H,3-5,8H2,1-2H3. The molecule has 0 bridgehead atoms. The van der Waals surface area contributed by atoms with Gasteiger partial charge >= 0.3 is 0 Å². The van der Waals surface area contributed by atoms with Crippen LogP contribution in [-0.4, -0.2) is 13.7 Å². The van der Waals surface area contributed by atoms with Gasteiger partial charge in [-0.2, -0.15) is 0 Å². The predicted molar refractivity (Wildman–Crippen MR) is 71.7 cm³/mol. The number of alkyl halides is 1. The van der Waals surface area contributed by atoms with Crippen LogP contribution in [0.15, 0.2) is 16.6 Å². The van der Waals surface area contributed by atoms with E-state index >= 15 is 0 Å². The maximum Gasteiger partial charge on any atom is 0.0465 e. The molecule has 1 aromatic carbocycles. The van der Waals surface area contributed by atoms with Gasteiger partial charge in [-0.25, -0.2) is 0 Å². The summed E-state index contributed by atoms with van der Waals surface area (Å²) >= 11 is 7.08. The van der Waals surface area contributed by atoms with Gasteiger partial charge in [0.25, 0.3) is 0 Å². The average Bonchev–Trinajstić information content (AvgIpc) is 2.24. The summed E-state index contributed by atoms with van der Waals surface area (Å²) < 4.78 is 6.27. The first-order valence-electron chi connectivity index (χ1n) is 5.01. The molecule has 1 rings (SSSR count). The smallest absolute Gasteiger partial charge is 0.0465 e. The molecule has 0 atom stereocenters. The van der Waals surface area contributed by atoms with Crippen LogP contribution >= 0.6 is 31.9 Å². The molecule has 3 heteroatoms. The number of aryl methyl sites for hydroxylation is 1. The minimum Gasteiger partial charge on any atom is -0.385 e. The Morgan fingerprint density at radius 1 is 1.33 bits per heavy atom. The van der Waals surface area contributed by atoms with E-state index in [2.05, 4.69) is 50.9 Å². The fourth-order valence-electron chi connectivity index (χ4n) is 1.54. The molecule has 15 heavy (non-hydrogen) atoms. The van der Waals surface area contributed by atoms with Crippen molar-refractivity contribution in [2.75, 3.05) is 13.7 Å². The van der Waals surface area contributed by atoms with Crippen LogP contribution in [0.4, 0.5) is 0 Å². The number of benzene rings is 1. The molecule has 0 aliphatic rings. The second-order valence-electron chi connectivity index (χ2n) is 3.59. The number of methoxy groups -OCH3 is 1. The van der Waals surface area contributed by atoms with Crippen LogP contribution in [0.5, 0.6) is 0 Å². The van der Waals surface area contributed by atoms with E-state index in [0.29, 0.717) is 0 Å². The lowest BCUT2D eigenvalue weighted by Gasteiger charge is -2.10. The third-order valence-electron chi connectivity index (χ3n) is 2.46. The van der Waals surface area contributed by atoms with E-state index in [-0.39, 0.29) is 0 Å². The Balaban J connectivity index is 2.80. The molecule has 0 aromatic heterocycles. The minimum absolute atomic E-state index is 0.829. The molecule has 1 nitrogen and oxygen atoms in total. The molecule has 84 valence electrons. The summed E-state index contributed by atoms with van der Waals surface area (Å²) in [5, 5.41) is 0.906. The van der Waals surface area contributed by atoms with Crippen LogP contribution in [0.25, 0.3) is 0 Å². The highest BCUT2D eigenvalue weighted by Gasteiger charge is 2.04. The Kier molecular flexibility index (Phi) is 5.87. The highest BCUT2D eigenvalue weighted by Crippen LogP contribution is 2.24. The van der Waals surface area contributed by atoms with Gasteiger partial charge in [-0.15, -0.1) is 0 Å². The van der Waals surface area contributed by atoms with Gasteiger partial charge < -0.3 is 4.74 Å². The third kappa shape index (κ3) is 3.89. The molecule has 0 amide bonds. The van der Waals surface area contributed by atoms with E-state index in [1.165, 1.54) is 21.2 Å². The molecule has 0 radical (unpaired) electrons. The van der Waals surface area contributed by atoms with Crippen LogP contribution in [-0.2, 0) is 16.5 Å². The Morgan fingerprint density at radius 2 is 2.07 bits per heavy atom. The van der Waals surface area contributed by atoms with Crippen LogP contribution in [0.2, 0.25) is 0 Å². The van der Waals surface area contributed by atoms with Gasteiger partial charge in [0.2, 0.25) is 0 Å². The second kappa shape index (κ2) is 6.66. The van der Waals surface area contributed by atoms with Crippen LogP contribution in [0.3, 0.4) is 0 Å². The first-order valence-corrected chi connectivity index (χ1v) is 6.93. The Hall–Kier alpha value is 0.140. The maximum absolute atomic E-state index is 5.07. The second-order valence-corrected chi connectivity index (χ2v) is 5.01. The maximum atomic E-state index is 5.07. The summed E-state index contributed by atoms with van der Waals surface area (Å²) in [6, 6.07) is 4.44. The number of ether oxygens (including phenoxy) is 1. The van der Waals surface area contributed by atoms with Crippen molar-refractivity contribution in [1.82, 2.24) is 0 Å². The lowest BCUT2D eigenvalue weighted by atomic mass is 10.0. The zero-order valence-electron chi connectivity index (χ0n) is 9.15. The molecule has 0 spiro atoms. The molecule has 0 N–H and O–H groups in total. The van der Waals surface area contributed by atoms with E-state index in [1.54, 1.807) is 7.11 Å². The van der Waals surface area contributed by atoms with E-state index in [4.69, 9.17) is 4.74 Å². The lowest BCUT2D eigenvalue weighted by Crippen LogP contribution is -1.97. The van der Waals surface area contributed by atoms with Crippen LogP contribution in [0.1, 0.15) is 23.1 Å². The Bertz CT molecular complexity index is 324. The average molecular weight is 336 g/mol. The van der Waals surface area contributed by atoms with Gasteiger partial charge in [-0.3, -0.25) is 0 Å². The zero-order chi connectivity index (χ0) is 11.3. The van der Waals surface area contributed by atoms with Gasteiger partial charge in [0.05, 0.1) is 0 Å². The summed E-state index contributed by atoms with van der Waals surface area (Å²) in [7, 11) is 1.75. The summed E-state index contributed by atoms with van der Waals surface area (Å²) in [4.78, 5) is 0. The van der Waals surface area contributed by atoms with E-state index < -0.39 is 0 Å². The topological polar surface area (TPSA) is 9.23 Å². The van der Waals surface area contributed by atoms with Gasteiger partial charge in [-0.05, 0) is 42.5 Å². The zero-order valence-corrected chi connectivity index (χ0v) is 12.3. The Labute approximate surface area is 108 Å². The van der Waals surface area contributed by atoms with Gasteiger partial charge in [0, 0.05) is 23.5 Å². The highest BCUT2D eigenvalue weighted by atomic mass is 79.9. The molecule has 0 aliphatic heterocycles. The number of halogens is 2. The van der Waals surface area contributed by atoms with Crippen molar-refractivity contribution >= 4 is 31.9 Å². The van der Waals surface area contributed by atoms with Gasteiger partial charge in [0.1, 0.15) is 0 Å². The van der Waals surface area contributed by atoms with Crippen molar-refractivity contribution < 1.29 is 4.74 Å². The van der Waals surface area contributed by atoms with E-state index in [9.17, 15) is 0 Å². The summed E-state index contributed by atoms with van der Waals surface area (Å²) in [5.41, 5.74) is 4.08. The Morgan fingerprint density at radius 3 is 2.67 bits per heavy atom. The van der Waals surface area contributed by atoms with Crippen molar-refractivity contribution in [2.24, 2.45) is 0 Å². The van der Waals surface area contributed by atoms with E-state index in [0.717, 1.165) is 24.8 Å². The van der Waals surface area contributed by atoms with Crippen LogP contribution < -0.4 is 0 Å². The first kappa shape index (κ1) is 13.2. The molecule has 0 heterocycles. The van der Waals surface area contributed by atoms with Crippen molar-refractivity contribution in [3.8, 4) is 0 Å². The molecular weight excluding hydrogens is 320 g/mol. The van der Waals surface area contributed by atoms with Crippen LogP contribution in [0, 0.1) is 6.92 Å². The lowest BCUT2D eigenvalue weighted by molar-refractivity contribution is 0.195. The summed E-state index contributed by atoms with van der Waals surface area (Å²) in [5.74, 6) is 0. The molecular formula is C12H16Br2O. The fraction of sp³-hybridized carbons (Fsp3) is 0.500. The highest BCUT2D eigenvalue weighted by molar-refractivity contribution is 9.10. The predicted octanol–water partition coefficient (Wildman–Crippen LogP) is 4.23. The summed E-state index contributed by atoms with van der Waals surface area (Å²) in [6.07, 6.45) is 2.16. The van der Waals surface area contributed by atoms with E-state index in [1.807, 2.05) is 0 Å². The number of hydrogen-bond donors (Lipinski definition) is 0. The normalized spacial score (nSPS) is 10.7. The SMILES string of the molecule is COCCCc1cc(CBr)cc(Br)c1C. The van der Waals surface area contributed by atoms with Gasteiger partial charge in [-0.1, -0.05) is 37.9 Å². The number of hydrogen-bond acceptors (Lipinski definition) is 1. The fourth-order valence-corrected chi connectivity index (χ4v) is 2.41. The first-order chi connectivity index (χ1) is 7.19. The molecule has 0 saturated heterocycles.